The van der Waals surface area contributed by atoms with Crippen molar-refractivity contribution >= 4 is 0 Å². The first-order valence-electron chi connectivity index (χ1n) is 8.22. The van der Waals surface area contributed by atoms with Crippen LogP contribution in [0.5, 0.6) is 0 Å². The predicted octanol–water partition coefficient (Wildman–Crippen LogP) is 4.63. The van der Waals surface area contributed by atoms with E-state index < -0.39 is 0 Å². The first-order valence-corrected chi connectivity index (χ1v) is 8.22. The molecule has 2 heteroatoms. The van der Waals surface area contributed by atoms with E-state index in [0.29, 0.717) is 12.0 Å². The molecule has 1 nitrogen and oxygen atoms in total. The number of benzene rings is 1. The summed E-state index contributed by atoms with van der Waals surface area (Å²) in [5, 5.41) is 3.85. The third-order valence-electron chi connectivity index (χ3n) is 5.21. The van der Waals surface area contributed by atoms with Crippen LogP contribution >= 0.6 is 0 Å². The van der Waals surface area contributed by atoms with Gasteiger partial charge in [0.15, 0.2) is 0 Å². The molecule has 0 spiro atoms. The largest absolute Gasteiger partial charge is 0.311 e. The van der Waals surface area contributed by atoms with Gasteiger partial charge in [0.25, 0.3) is 0 Å². The number of nitrogens with one attached hydrogen (secondary N) is 1. The van der Waals surface area contributed by atoms with Gasteiger partial charge < -0.3 is 5.32 Å². The van der Waals surface area contributed by atoms with Gasteiger partial charge in [0.2, 0.25) is 0 Å². The van der Waals surface area contributed by atoms with Crippen LogP contribution in [0.1, 0.15) is 63.4 Å². The van der Waals surface area contributed by atoms with Gasteiger partial charge in [0, 0.05) is 12.1 Å². The summed E-state index contributed by atoms with van der Waals surface area (Å²) in [7, 11) is 0. The highest BCUT2D eigenvalue weighted by molar-refractivity contribution is 5.23. The molecule has 0 aliphatic heterocycles. The minimum atomic E-state index is -0.129. The topological polar surface area (TPSA) is 12.0 Å². The zero-order valence-electron chi connectivity index (χ0n) is 12.4. The fourth-order valence-electron chi connectivity index (χ4n) is 3.75. The maximum absolute atomic E-state index is 12.9. The highest BCUT2D eigenvalue weighted by Gasteiger charge is 2.31. The van der Waals surface area contributed by atoms with Crippen molar-refractivity contribution in [1.82, 2.24) is 5.32 Å². The van der Waals surface area contributed by atoms with E-state index in [0.717, 1.165) is 12.0 Å². The Morgan fingerprint density at radius 1 is 0.950 bits per heavy atom. The van der Waals surface area contributed by atoms with Crippen LogP contribution in [0.4, 0.5) is 4.39 Å². The van der Waals surface area contributed by atoms with Crippen molar-refractivity contribution in [2.45, 2.75) is 69.9 Å². The van der Waals surface area contributed by atoms with Crippen molar-refractivity contribution in [2.75, 3.05) is 0 Å². The Bertz CT molecular complexity index is 422. The molecule has 20 heavy (non-hydrogen) atoms. The number of hydrogen-bond acceptors (Lipinski definition) is 1. The highest BCUT2D eigenvalue weighted by Crippen LogP contribution is 2.37. The van der Waals surface area contributed by atoms with Crippen LogP contribution in [0.15, 0.2) is 24.3 Å². The van der Waals surface area contributed by atoms with E-state index in [2.05, 4.69) is 12.2 Å². The van der Waals surface area contributed by atoms with Gasteiger partial charge in [-0.3, -0.25) is 0 Å². The Morgan fingerprint density at radius 3 is 2.45 bits per heavy atom. The fourth-order valence-corrected chi connectivity index (χ4v) is 3.75. The summed E-state index contributed by atoms with van der Waals surface area (Å²) in [4.78, 5) is 0. The molecule has 0 radical (unpaired) electrons. The first-order chi connectivity index (χ1) is 9.70. The van der Waals surface area contributed by atoms with Gasteiger partial charge in [-0.1, -0.05) is 31.9 Å². The summed E-state index contributed by atoms with van der Waals surface area (Å²) in [6.07, 6.45) is 9.30. The molecule has 2 unspecified atom stereocenters. The third-order valence-corrected chi connectivity index (χ3v) is 5.21. The monoisotopic (exact) mass is 275 g/mol. The van der Waals surface area contributed by atoms with Crippen molar-refractivity contribution in [3.63, 3.8) is 0 Å². The normalized spacial score (nSPS) is 34.3. The molecule has 3 rings (SSSR count). The molecular weight excluding hydrogens is 249 g/mol. The third kappa shape index (κ3) is 3.41. The van der Waals surface area contributed by atoms with Crippen molar-refractivity contribution in [2.24, 2.45) is 5.92 Å². The molecule has 2 aliphatic carbocycles. The van der Waals surface area contributed by atoms with Crippen molar-refractivity contribution in [1.29, 1.82) is 0 Å². The van der Waals surface area contributed by atoms with Gasteiger partial charge in [0.1, 0.15) is 5.82 Å². The van der Waals surface area contributed by atoms with Gasteiger partial charge in [-0.05, 0) is 61.6 Å². The van der Waals surface area contributed by atoms with Gasteiger partial charge in [-0.15, -0.1) is 0 Å². The molecule has 2 atom stereocenters. The molecular formula is C18H26FN. The van der Waals surface area contributed by atoms with E-state index in [1.54, 1.807) is 12.1 Å². The SMILES string of the molecule is CC1CCCC(NC2CC(c3ccc(F)cc3)C2)CC1. The minimum absolute atomic E-state index is 0.129. The van der Waals surface area contributed by atoms with Gasteiger partial charge in [-0.25, -0.2) is 4.39 Å². The van der Waals surface area contributed by atoms with Gasteiger partial charge in [-0.2, -0.15) is 0 Å². The molecule has 2 aliphatic rings. The predicted molar refractivity (Wildman–Crippen MR) is 81.3 cm³/mol. The van der Waals surface area contributed by atoms with E-state index in [1.165, 1.54) is 50.5 Å². The van der Waals surface area contributed by atoms with E-state index >= 15 is 0 Å². The molecule has 0 bridgehead atoms. The summed E-state index contributed by atoms with van der Waals surface area (Å²) in [5.74, 6) is 1.42. The van der Waals surface area contributed by atoms with Crippen molar-refractivity contribution in [3.05, 3.63) is 35.6 Å². The summed E-state index contributed by atoms with van der Waals surface area (Å²) in [5.41, 5.74) is 1.30. The lowest BCUT2D eigenvalue weighted by atomic mass is 9.75. The second-order valence-corrected chi connectivity index (χ2v) is 6.89. The molecule has 0 aromatic heterocycles. The zero-order valence-corrected chi connectivity index (χ0v) is 12.4. The maximum Gasteiger partial charge on any atom is 0.123 e. The highest BCUT2D eigenvalue weighted by atomic mass is 19.1. The number of halogens is 1. The number of rotatable bonds is 3. The standard InChI is InChI=1S/C18H26FN/c1-13-3-2-4-17(10-5-13)20-18-11-15(12-18)14-6-8-16(19)9-7-14/h6-9,13,15,17-18,20H,2-5,10-12H2,1H3. The second-order valence-electron chi connectivity index (χ2n) is 6.89. The quantitative estimate of drug-likeness (QED) is 0.793. The smallest absolute Gasteiger partial charge is 0.123 e. The Hall–Kier alpha value is -0.890. The van der Waals surface area contributed by atoms with E-state index in [9.17, 15) is 4.39 Å². The molecule has 1 N–H and O–H groups in total. The molecule has 2 fully saturated rings. The van der Waals surface area contributed by atoms with E-state index in [1.807, 2.05) is 12.1 Å². The molecule has 0 saturated heterocycles. The van der Waals surface area contributed by atoms with Crippen LogP contribution in [0.25, 0.3) is 0 Å². The van der Waals surface area contributed by atoms with E-state index in [-0.39, 0.29) is 5.82 Å². The Balaban J connectivity index is 1.45. The summed E-state index contributed by atoms with van der Waals surface area (Å²) < 4.78 is 12.9. The Labute approximate surface area is 122 Å². The second kappa shape index (κ2) is 6.26. The Morgan fingerprint density at radius 2 is 1.70 bits per heavy atom. The molecule has 1 aromatic rings. The van der Waals surface area contributed by atoms with Crippen LogP contribution in [0, 0.1) is 11.7 Å². The van der Waals surface area contributed by atoms with Crippen LogP contribution in [0.3, 0.4) is 0 Å². The minimum Gasteiger partial charge on any atom is -0.311 e. The van der Waals surface area contributed by atoms with Crippen molar-refractivity contribution in [3.8, 4) is 0 Å². The maximum atomic E-state index is 12.9. The molecule has 2 saturated carbocycles. The van der Waals surface area contributed by atoms with E-state index in [4.69, 9.17) is 0 Å². The first kappa shape index (κ1) is 14.1. The lowest BCUT2D eigenvalue weighted by Gasteiger charge is -2.38. The summed E-state index contributed by atoms with van der Waals surface area (Å²) >= 11 is 0. The molecule has 0 amide bonds. The molecule has 0 heterocycles. The van der Waals surface area contributed by atoms with Crippen LogP contribution in [0.2, 0.25) is 0 Å². The lowest BCUT2D eigenvalue weighted by molar-refractivity contribution is 0.254. The fraction of sp³-hybridized carbons (Fsp3) is 0.667. The zero-order chi connectivity index (χ0) is 13.9. The van der Waals surface area contributed by atoms with Gasteiger partial charge in [0.05, 0.1) is 0 Å². The van der Waals surface area contributed by atoms with Crippen LogP contribution < -0.4 is 5.32 Å². The van der Waals surface area contributed by atoms with Crippen molar-refractivity contribution < 1.29 is 4.39 Å². The van der Waals surface area contributed by atoms with Gasteiger partial charge >= 0.3 is 0 Å². The Kier molecular flexibility index (Phi) is 4.40. The number of hydrogen-bond donors (Lipinski definition) is 1. The van der Waals surface area contributed by atoms with Crippen LogP contribution in [-0.2, 0) is 0 Å². The van der Waals surface area contributed by atoms with Crippen LogP contribution in [-0.4, -0.2) is 12.1 Å². The molecule has 110 valence electrons. The molecule has 1 aromatic carbocycles. The average Bonchev–Trinajstić information content (AvgIpc) is 2.60. The lowest BCUT2D eigenvalue weighted by Crippen LogP contribution is -2.45. The summed E-state index contributed by atoms with van der Waals surface area (Å²) in [6.45, 7) is 2.39. The summed E-state index contributed by atoms with van der Waals surface area (Å²) in [6, 6.07) is 8.49. The average molecular weight is 275 g/mol.